The van der Waals surface area contributed by atoms with Gasteiger partial charge >= 0.3 is 5.97 Å². The topological polar surface area (TPSA) is 63.6 Å². The number of benzene rings is 1. The average Bonchev–Trinajstić information content (AvgIpc) is 2.35. The Morgan fingerprint density at radius 2 is 1.74 bits per heavy atom. The van der Waals surface area contributed by atoms with Crippen molar-refractivity contribution in [3.8, 4) is 0 Å². The summed E-state index contributed by atoms with van der Waals surface area (Å²) in [6.07, 6.45) is 0. The van der Waals surface area contributed by atoms with Gasteiger partial charge in [0.1, 0.15) is 14.7 Å². The molecule has 1 unspecified atom stereocenters. The molecule has 19 heavy (non-hydrogen) atoms. The Balaban J connectivity index is 2.80. The lowest BCUT2D eigenvalue weighted by molar-refractivity contribution is -0.861. The van der Waals surface area contributed by atoms with Crippen LogP contribution in [0.25, 0.3) is 0 Å². The van der Waals surface area contributed by atoms with Crippen molar-refractivity contribution in [2.24, 2.45) is 0 Å². The highest BCUT2D eigenvalue weighted by atomic mass is 31.1. The molecule has 6 heteroatoms. The first kappa shape index (κ1) is 15.8. The lowest BCUT2D eigenvalue weighted by Crippen LogP contribution is -2.39. The van der Waals surface area contributed by atoms with E-state index in [1.807, 2.05) is 21.1 Å². The highest BCUT2D eigenvalue weighted by Crippen LogP contribution is 2.30. The number of likely N-dealkylation sites (N-methyl/N-ethyl adjacent to an activating group) is 1. The quantitative estimate of drug-likeness (QED) is 0.491. The SMILES string of the molecule is COC(=O)c1ccc(P(O)C(=O)C[N+](C)(C)C)cc1. The van der Waals surface area contributed by atoms with Crippen LogP contribution in [-0.4, -0.2) is 55.7 Å². The van der Waals surface area contributed by atoms with E-state index in [9.17, 15) is 14.5 Å². The largest absolute Gasteiger partial charge is 0.465 e. The van der Waals surface area contributed by atoms with E-state index in [1.165, 1.54) is 7.11 Å². The summed E-state index contributed by atoms with van der Waals surface area (Å²) < 4.78 is 5.06. The van der Waals surface area contributed by atoms with E-state index in [2.05, 4.69) is 4.74 Å². The van der Waals surface area contributed by atoms with E-state index in [0.717, 1.165) is 0 Å². The summed E-state index contributed by atoms with van der Waals surface area (Å²) in [6, 6.07) is 6.27. The second-order valence-corrected chi connectivity index (χ2v) is 6.83. The molecule has 1 N–H and O–H groups in total. The van der Waals surface area contributed by atoms with Crippen LogP contribution >= 0.6 is 8.15 Å². The maximum atomic E-state index is 11.9. The molecular formula is C13H19NO4P+. The molecule has 0 bridgehead atoms. The molecular weight excluding hydrogens is 265 g/mol. The summed E-state index contributed by atoms with van der Waals surface area (Å²) in [6.45, 7) is 0.265. The molecule has 0 aliphatic carbocycles. The number of carbonyl (C=O) groups is 2. The molecule has 0 aromatic heterocycles. The number of hydrogen-bond donors (Lipinski definition) is 1. The normalized spacial score (nSPS) is 12.9. The number of esters is 1. The van der Waals surface area contributed by atoms with Crippen molar-refractivity contribution in [2.75, 3.05) is 34.8 Å². The summed E-state index contributed by atoms with van der Waals surface area (Å²) in [7, 11) is 5.13. The van der Waals surface area contributed by atoms with Gasteiger partial charge in [0.15, 0.2) is 0 Å². The number of nitrogens with zero attached hydrogens (tertiary/aromatic N) is 1. The van der Waals surface area contributed by atoms with E-state index in [-0.39, 0.29) is 12.1 Å². The van der Waals surface area contributed by atoms with Gasteiger partial charge in [-0.2, -0.15) is 0 Å². The van der Waals surface area contributed by atoms with E-state index in [4.69, 9.17) is 0 Å². The Labute approximate surface area is 114 Å². The monoisotopic (exact) mass is 284 g/mol. The molecule has 0 aliphatic heterocycles. The van der Waals surface area contributed by atoms with Gasteiger partial charge in [0, 0.05) is 5.30 Å². The lowest BCUT2D eigenvalue weighted by atomic mass is 10.2. The predicted octanol–water partition coefficient (Wildman–Crippen LogP) is 0.720. The van der Waals surface area contributed by atoms with Crippen LogP contribution in [-0.2, 0) is 9.53 Å². The van der Waals surface area contributed by atoms with Gasteiger partial charge in [-0.1, -0.05) is 12.1 Å². The number of ether oxygens (including phenoxy) is 1. The van der Waals surface area contributed by atoms with Crippen LogP contribution in [0, 0.1) is 0 Å². The lowest BCUT2D eigenvalue weighted by Gasteiger charge is -2.23. The maximum absolute atomic E-state index is 11.9. The molecule has 5 nitrogen and oxygen atoms in total. The average molecular weight is 284 g/mol. The molecule has 0 saturated carbocycles. The molecule has 1 aromatic carbocycles. The minimum atomic E-state index is -1.84. The maximum Gasteiger partial charge on any atom is 0.337 e. The minimum Gasteiger partial charge on any atom is -0.465 e. The van der Waals surface area contributed by atoms with Gasteiger partial charge in [-0.3, -0.25) is 4.79 Å². The van der Waals surface area contributed by atoms with Gasteiger partial charge in [-0.15, -0.1) is 0 Å². The summed E-state index contributed by atoms with van der Waals surface area (Å²) >= 11 is 0. The highest BCUT2D eigenvalue weighted by molar-refractivity contribution is 7.76. The zero-order valence-electron chi connectivity index (χ0n) is 11.6. The Kier molecular flexibility index (Phi) is 5.18. The standard InChI is InChI=1S/C13H19NO4P/c1-14(2,3)9-12(15)19(17)11-7-5-10(6-8-11)13(16)18-4/h5-8,17H,9H2,1-4H3/q+1. The third-order valence-electron chi connectivity index (χ3n) is 2.38. The third-order valence-corrected chi connectivity index (χ3v) is 3.78. The number of quaternary nitrogens is 1. The fraction of sp³-hybridized carbons (Fsp3) is 0.385. The first-order valence-corrected chi connectivity index (χ1v) is 7.05. The smallest absolute Gasteiger partial charge is 0.337 e. The zero-order chi connectivity index (χ0) is 14.6. The van der Waals surface area contributed by atoms with Gasteiger partial charge in [-0.05, 0) is 12.1 Å². The van der Waals surface area contributed by atoms with Crippen LogP contribution in [0.15, 0.2) is 24.3 Å². The number of hydrogen-bond acceptors (Lipinski definition) is 4. The van der Waals surface area contributed by atoms with Crippen LogP contribution in [0.5, 0.6) is 0 Å². The fourth-order valence-corrected chi connectivity index (χ4v) is 2.75. The third kappa shape index (κ3) is 4.71. The molecule has 0 saturated heterocycles. The van der Waals surface area contributed by atoms with Gasteiger partial charge in [-0.25, -0.2) is 4.79 Å². The molecule has 1 rings (SSSR count). The van der Waals surface area contributed by atoms with E-state index in [0.29, 0.717) is 15.4 Å². The molecule has 0 aliphatic rings. The fourth-order valence-electron chi connectivity index (χ4n) is 1.47. The van der Waals surface area contributed by atoms with Crippen molar-refractivity contribution in [3.63, 3.8) is 0 Å². The van der Waals surface area contributed by atoms with Crippen LogP contribution in [0.3, 0.4) is 0 Å². The van der Waals surface area contributed by atoms with Crippen molar-refractivity contribution < 1.29 is 23.7 Å². The number of rotatable bonds is 5. The molecule has 0 fully saturated rings. The van der Waals surface area contributed by atoms with E-state index >= 15 is 0 Å². The van der Waals surface area contributed by atoms with Crippen LogP contribution < -0.4 is 5.30 Å². The second-order valence-electron chi connectivity index (χ2n) is 5.19. The Morgan fingerprint density at radius 3 is 2.16 bits per heavy atom. The Hall–Kier alpha value is -1.29. The minimum absolute atomic E-state index is 0.187. The van der Waals surface area contributed by atoms with Gasteiger partial charge in [0.25, 0.3) is 0 Å². The van der Waals surface area contributed by atoms with Crippen molar-refractivity contribution in [3.05, 3.63) is 29.8 Å². The van der Waals surface area contributed by atoms with Crippen LogP contribution in [0.2, 0.25) is 0 Å². The molecule has 0 amide bonds. The first-order chi connectivity index (χ1) is 8.74. The highest BCUT2D eigenvalue weighted by Gasteiger charge is 2.24. The second kappa shape index (κ2) is 6.24. The zero-order valence-corrected chi connectivity index (χ0v) is 12.5. The van der Waals surface area contributed by atoms with Gasteiger partial charge in [0.2, 0.25) is 5.52 Å². The Morgan fingerprint density at radius 1 is 1.21 bits per heavy atom. The Bertz CT molecular complexity index is 465. The van der Waals surface area contributed by atoms with E-state index < -0.39 is 14.1 Å². The van der Waals surface area contributed by atoms with Gasteiger partial charge < -0.3 is 14.1 Å². The summed E-state index contributed by atoms with van der Waals surface area (Å²) in [4.78, 5) is 33.2. The van der Waals surface area contributed by atoms with Gasteiger partial charge in [0.05, 0.1) is 33.8 Å². The molecule has 0 radical (unpaired) electrons. The predicted molar refractivity (Wildman–Crippen MR) is 74.5 cm³/mol. The molecule has 104 valence electrons. The molecule has 1 aromatic rings. The van der Waals surface area contributed by atoms with Crippen molar-refractivity contribution in [1.82, 2.24) is 0 Å². The number of carbonyl (C=O) groups excluding carboxylic acids is 2. The van der Waals surface area contributed by atoms with Crippen LogP contribution in [0.4, 0.5) is 0 Å². The van der Waals surface area contributed by atoms with Crippen molar-refractivity contribution in [1.29, 1.82) is 0 Å². The molecule has 1 atom stereocenters. The summed E-state index contributed by atoms with van der Waals surface area (Å²) in [5, 5.41) is 0.543. The van der Waals surface area contributed by atoms with Crippen molar-refractivity contribution >= 4 is 24.9 Å². The summed E-state index contributed by atoms with van der Waals surface area (Å²) in [5.74, 6) is -0.438. The summed E-state index contributed by atoms with van der Waals surface area (Å²) in [5.41, 5.74) is 0.210. The molecule has 0 spiro atoms. The van der Waals surface area contributed by atoms with Crippen LogP contribution in [0.1, 0.15) is 10.4 Å². The number of methoxy groups -OCH3 is 1. The first-order valence-electron chi connectivity index (χ1n) is 5.75. The molecule has 0 heterocycles. The van der Waals surface area contributed by atoms with Crippen molar-refractivity contribution in [2.45, 2.75) is 0 Å². The van der Waals surface area contributed by atoms with E-state index in [1.54, 1.807) is 24.3 Å².